The van der Waals surface area contributed by atoms with Crippen molar-refractivity contribution in [1.82, 2.24) is 5.32 Å². The highest BCUT2D eigenvalue weighted by Crippen LogP contribution is 2.42. The van der Waals surface area contributed by atoms with E-state index in [-0.39, 0.29) is 5.41 Å². The molecule has 0 atom stereocenters. The minimum absolute atomic E-state index is 0.133. The molecule has 0 saturated heterocycles. The first-order chi connectivity index (χ1) is 13.7. The summed E-state index contributed by atoms with van der Waals surface area (Å²) in [5.74, 6) is 3.26. The van der Waals surface area contributed by atoms with Crippen LogP contribution in [0.15, 0.2) is 36.4 Å². The normalized spacial score (nSPS) is 17.4. The molecule has 2 aliphatic rings. The van der Waals surface area contributed by atoms with Crippen molar-refractivity contribution in [3.05, 3.63) is 47.5 Å². The predicted octanol–water partition coefficient (Wildman–Crippen LogP) is 4.42. The van der Waals surface area contributed by atoms with Gasteiger partial charge in [0.25, 0.3) is 0 Å². The van der Waals surface area contributed by atoms with Crippen LogP contribution in [0, 0.1) is 0 Å². The second-order valence-corrected chi connectivity index (χ2v) is 7.70. The van der Waals surface area contributed by atoms with Crippen molar-refractivity contribution < 1.29 is 18.9 Å². The van der Waals surface area contributed by atoms with Crippen molar-refractivity contribution in [1.29, 1.82) is 0 Å². The smallest absolute Gasteiger partial charge is 0.231 e. The summed E-state index contributed by atoms with van der Waals surface area (Å²) in [4.78, 5) is 0. The van der Waals surface area contributed by atoms with Crippen molar-refractivity contribution >= 4 is 0 Å². The largest absolute Gasteiger partial charge is 0.493 e. The van der Waals surface area contributed by atoms with Crippen LogP contribution in [0.3, 0.4) is 0 Å². The first-order valence-electron chi connectivity index (χ1n) is 10.1. The van der Waals surface area contributed by atoms with Crippen LogP contribution < -0.4 is 24.3 Å². The molecule has 1 saturated carbocycles. The van der Waals surface area contributed by atoms with Crippen molar-refractivity contribution in [3.63, 3.8) is 0 Å². The minimum Gasteiger partial charge on any atom is -0.493 e. The lowest BCUT2D eigenvalue weighted by Gasteiger charge is -2.38. The summed E-state index contributed by atoms with van der Waals surface area (Å²) in [5.41, 5.74) is 2.68. The Labute approximate surface area is 166 Å². The highest BCUT2D eigenvalue weighted by Gasteiger charge is 2.34. The van der Waals surface area contributed by atoms with Gasteiger partial charge < -0.3 is 24.3 Å². The molecule has 5 nitrogen and oxygen atoms in total. The third-order valence-corrected chi connectivity index (χ3v) is 6.04. The van der Waals surface area contributed by atoms with Gasteiger partial charge in [0.05, 0.1) is 14.2 Å². The van der Waals surface area contributed by atoms with Crippen molar-refractivity contribution in [2.45, 2.75) is 44.1 Å². The van der Waals surface area contributed by atoms with Crippen LogP contribution in [0.25, 0.3) is 0 Å². The Morgan fingerprint density at radius 1 is 0.893 bits per heavy atom. The van der Waals surface area contributed by atoms with Crippen molar-refractivity contribution in [2.24, 2.45) is 0 Å². The van der Waals surface area contributed by atoms with Gasteiger partial charge in [-0.1, -0.05) is 31.4 Å². The summed E-state index contributed by atoms with van der Waals surface area (Å²) in [7, 11) is 3.38. The number of hydrogen-bond acceptors (Lipinski definition) is 5. The molecule has 1 fully saturated rings. The Hall–Kier alpha value is -2.40. The molecule has 0 amide bonds. The molecule has 2 aromatic carbocycles. The summed E-state index contributed by atoms with van der Waals surface area (Å²) < 4.78 is 21.9. The fourth-order valence-corrected chi connectivity index (χ4v) is 4.46. The van der Waals surface area contributed by atoms with Gasteiger partial charge in [0.1, 0.15) is 0 Å². The Kier molecular flexibility index (Phi) is 5.62. The van der Waals surface area contributed by atoms with Crippen LogP contribution >= 0.6 is 0 Å². The average Bonchev–Trinajstić information content (AvgIpc) is 3.22. The summed E-state index contributed by atoms with van der Waals surface area (Å²) >= 11 is 0. The van der Waals surface area contributed by atoms with E-state index in [2.05, 4.69) is 29.6 Å². The zero-order valence-corrected chi connectivity index (χ0v) is 16.8. The number of ether oxygens (including phenoxy) is 4. The second-order valence-electron chi connectivity index (χ2n) is 7.70. The molecule has 5 heteroatoms. The summed E-state index contributed by atoms with van der Waals surface area (Å²) in [6.45, 7) is 2.07. The SMILES string of the molecule is COc1ccc(C2(CNCc3ccc4c(c3)OCO4)CCCCC2)cc1OC. The zero-order valence-electron chi connectivity index (χ0n) is 16.8. The number of fused-ring (bicyclic) bond motifs is 1. The van der Waals surface area contributed by atoms with Crippen LogP contribution in [-0.2, 0) is 12.0 Å². The van der Waals surface area contributed by atoms with E-state index in [9.17, 15) is 0 Å². The van der Waals surface area contributed by atoms with Crippen LogP contribution in [0.4, 0.5) is 0 Å². The van der Waals surface area contributed by atoms with E-state index in [0.29, 0.717) is 6.79 Å². The van der Waals surface area contributed by atoms with Gasteiger partial charge in [-0.15, -0.1) is 0 Å². The number of benzene rings is 2. The lowest BCUT2D eigenvalue weighted by Crippen LogP contribution is -2.39. The van der Waals surface area contributed by atoms with E-state index >= 15 is 0 Å². The van der Waals surface area contributed by atoms with E-state index in [0.717, 1.165) is 36.1 Å². The molecule has 0 unspecified atom stereocenters. The third-order valence-electron chi connectivity index (χ3n) is 6.04. The summed E-state index contributed by atoms with van der Waals surface area (Å²) in [6.07, 6.45) is 6.23. The Morgan fingerprint density at radius 2 is 1.68 bits per heavy atom. The maximum Gasteiger partial charge on any atom is 0.231 e. The first kappa shape index (κ1) is 18.9. The summed E-state index contributed by atoms with van der Waals surface area (Å²) in [5, 5.41) is 3.70. The molecule has 0 spiro atoms. The zero-order chi connectivity index (χ0) is 19.4. The number of rotatable bonds is 7. The van der Waals surface area contributed by atoms with Crippen LogP contribution in [-0.4, -0.2) is 27.6 Å². The molecule has 4 rings (SSSR count). The fraction of sp³-hybridized carbons (Fsp3) is 0.478. The average molecular weight is 383 g/mol. The van der Waals surface area contributed by atoms with E-state index in [1.165, 1.54) is 43.2 Å². The van der Waals surface area contributed by atoms with Gasteiger partial charge in [0, 0.05) is 18.5 Å². The minimum atomic E-state index is 0.133. The monoisotopic (exact) mass is 383 g/mol. The standard InChI is InChI=1S/C23H29NO4/c1-25-19-9-7-18(13-21(19)26-2)23(10-4-3-5-11-23)15-24-14-17-6-8-20-22(12-17)28-16-27-20/h6-9,12-13,24H,3-5,10-11,14-16H2,1-2H3. The van der Waals surface area contributed by atoms with Gasteiger partial charge in [0.2, 0.25) is 6.79 Å². The van der Waals surface area contributed by atoms with E-state index < -0.39 is 0 Å². The van der Waals surface area contributed by atoms with Gasteiger partial charge in [0.15, 0.2) is 23.0 Å². The number of hydrogen-bond donors (Lipinski definition) is 1. The maximum absolute atomic E-state index is 5.56. The molecule has 1 aliphatic heterocycles. The second kappa shape index (κ2) is 8.31. The summed E-state index contributed by atoms with van der Waals surface area (Å²) in [6, 6.07) is 12.6. The molecule has 2 aromatic rings. The topological polar surface area (TPSA) is 49.0 Å². The van der Waals surface area contributed by atoms with Gasteiger partial charge in [-0.05, 0) is 48.2 Å². The van der Waals surface area contributed by atoms with Crippen LogP contribution in [0.5, 0.6) is 23.0 Å². The van der Waals surface area contributed by atoms with Crippen molar-refractivity contribution in [2.75, 3.05) is 27.6 Å². The van der Waals surface area contributed by atoms with Crippen molar-refractivity contribution in [3.8, 4) is 23.0 Å². The third kappa shape index (κ3) is 3.76. The molecule has 150 valence electrons. The molecular formula is C23H29NO4. The molecule has 1 N–H and O–H groups in total. The van der Waals surface area contributed by atoms with E-state index in [1.807, 2.05) is 12.1 Å². The Balaban J connectivity index is 1.50. The van der Waals surface area contributed by atoms with Gasteiger partial charge in [-0.3, -0.25) is 0 Å². The van der Waals surface area contributed by atoms with Crippen LogP contribution in [0.1, 0.15) is 43.2 Å². The molecule has 1 aliphatic carbocycles. The molecule has 0 aromatic heterocycles. The fourth-order valence-electron chi connectivity index (χ4n) is 4.46. The van der Waals surface area contributed by atoms with Crippen LogP contribution in [0.2, 0.25) is 0 Å². The van der Waals surface area contributed by atoms with Gasteiger partial charge in [-0.2, -0.15) is 0 Å². The number of nitrogens with one attached hydrogen (secondary N) is 1. The molecule has 28 heavy (non-hydrogen) atoms. The maximum atomic E-state index is 5.56. The lowest BCUT2D eigenvalue weighted by atomic mass is 9.69. The van der Waals surface area contributed by atoms with E-state index in [4.69, 9.17) is 18.9 Å². The lowest BCUT2D eigenvalue weighted by molar-refractivity contribution is 0.174. The predicted molar refractivity (Wildman–Crippen MR) is 109 cm³/mol. The highest BCUT2D eigenvalue weighted by atomic mass is 16.7. The number of methoxy groups -OCH3 is 2. The quantitative estimate of drug-likeness (QED) is 0.767. The molecule has 0 bridgehead atoms. The highest BCUT2D eigenvalue weighted by molar-refractivity contribution is 5.46. The molecular weight excluding hydrogens is 354 g/mol. The molecule has 1 heterocycles. The van der Waals surface area contributed by atoms with Gasteiger partial charge >= 0.3 is 0 Å². The first-order valence-corrected chi connectivity index (χ1v) is 10.1. The molecule has 0 radical (unpaired) electrons. The Bertz CT molecular complexity index is 814. The van der Waals surface area contributed by atoms with Gasteiger partial charge in [-0.25, -0.2) is 0 Å². The van der Waals surface area contributed by atoms with E-state index in [1.54, 1.807) is 14.2 Å². The Morgan fingerprint density at radius 3 is 2.46 bits per heavy atom.